The summed E-state index contributed by atoms with van der Waals surface area (Å²) in [6, 6.07) is 10.7. The molecule has 168 valence electrons. The number of hydrogen-bond donors (Lipinski definition) is 0. The molecular weight excluding hydrogens is 410 g/mol. The SMILES string of the molecule is CCOC(=O)CCN(Cc1cccnc1)C(=O)c1cccc(OCc2c(C)noc2C)c1. The summed E-state index contributed by atoms with van der Waals surface area (Å²) in [4.78, 5) is 30.9. The minimum atomic E-state index is -0.340. The summed E-state index contributed by atoms with van der Waals surface area (Å²) >= 11 is 0. The van der Waals surface area contributed by atoms with Gasteiger partial charge in [-0.05, 0) is 50.6 Å². The van der Waals surface area contributed by atoms with E-state index < -0.39 is 0 Å². The number of nitrogens with zero attached hydrogens (tertiary/aromatic N) is 3. The molecule has 0 unspecified atom stereocenters. The molecule has 0 saturated heterocycles. The Labute approximate surface area is 187 Å². The number of carbonyl (C=O) groups excluding carboxylic acids is 2. The largest absolute Gasteiger partial charge is 0.489 e. The minimum absolute atomic E-state index is 0.113. The van der Waals surface area contributed by atoms with Gasteiger partial charge in [0, 0.05) is 31.0 Å². The highest BCUT2D eigenvalue weighted by Crippen LogP contribution is 2.20. The van der Waals surface area contributed by atoms with Crippen LogP contribution >= 0.6 is 0 Å². The molecule has 32 heavy (non-hydrogen) atoms. The number of ether oxygens (including phenoxy) is 2. The number of aryl methyl sites for hydroxylation is 2. The van der Waals surface area contributed by atoms with Crippen molar-refractivity contribution in [3.8, 4) is 5.75 Å². The smallest absolute Gasteiger partial charge is 0.307 e. The molecule has 0 spiro atoms. The second kappa shape index (κ2) is 11.1. The molecule has 0 fully saturated rings. The summed E-state index contributed by atoms with van der Waals surface area (Å²) in [7, 11) is 0. The average Bonchev–Trinajstić information content (AvgIpc) is 3.13. The van der Waals surface area contributed by atoms with Gasteiger partial charge < -0.3 is 18.9 Å². The van der Waals surface area contributed by atoms with Gasteiger partial charge in [-0.15, -0.1) is 0 Å². The molecule has 3 rings (SSSR count). The first-order valence-electron chi connectivity index (χ1n) is 10.5. The van der Waals surface area contributed by atoms with Gasteiger partial charge in [-0.25, -0.2) is 0 Å². The van der Waals surface area contributed by atoms with E-state index in [2.05, 4.69) is 10.1 Å². The lowest BCUT2D eigenvalue weighted by molar-refractivity contribution is -0.143. The van der Waals surface area contributed by atoms with Crippen LogP contribution in [0.25, 0.3) is 0 Å². The highest BCUT2D eigenvalue weighted by atomic mass is 16.5. The normalized spacial score (nSPS) is 10.6. The van der Waals surface area contributed by atoms with E-state index in [4.69, 9.17) is 14.0 Å². The summed E-state index contributed by atoms with van der Waals surface area (Å²) in [6.45, 7) is 6.60. The molecule has 8 nitrogen and oxygen atoms in total. The zero-order valence-electron chi connectivity index (χ0n) is 18.5. The van der Waals surface area contributed by atoms with E-state index in [1.807, 2.05) is 26.0 Å². The van der Waals surface area contributed by atoms with Crippen LogP contribution in [0, 0.1) is 13.8 Å². The van der Waals surface area contributed by atoms with Crippen molar-refractivity contribution in [3.05, 3.63) is 76.9 Å². The molecule has 1 amide bonds. The Morgan fingerprint density at radius 2 is 2.00 bits per heavy atom. The van der Waals surface area contributed by atoms with Crippen molar-refractivity contribution in [2.75, 3.05) is 13.2 Å². The number of esters is 1. The van der Waals surface area contributed by atoms with E-state index >= 15 is 0 Å². The van der Waals surface area contributed by atoms with Gasteiger partial charge in [0.05, 0.1) is 24.3 Å². The van der Waals surface area contributed by atoms with Crippen molar-refractivity contribution in [1.29, 1.82) is 0 Å². The summed E-state index contributed by atoms with van der Waals surface area (Å²) in [6.07, 6.45) is 3.49. The van der Waals surface area contributed by atoms with Gasteiger partial charge in [0.25, 0.3) is 5.91 Å². The predicted molar refractivity (Wildman–Crippen MR) is 117 cm³/mol. The topological polar surface area (TPSA) is 94.8 Å². The minimum Gasteiger partial charge on any atom is -0.489 e. The lowest BCUT2D eigenvalue weighted by Gasteiger charge is -2.23. The number of aromatic nitrogens is 2. The first kappa shape index (κ1) is 23.0. The average molecular weight is 437 g/mol. The van der Waals surface area contributed by atoms with Crippen LogP contribution in [0.2, 0.25) is 0 Å². The van der Waals surface area contributed by atoms with Crippen LogP contribution in [0.3, 0.4) is 0 Å². The highest BCUT2D eigenvalue weighted by molar-refractivity contribution is 5.94. The lowest BCUT2D eigenvalue weighted by Crippen LogP contribution is -2.33. The standard InChI is InChI=1S/C24H27N3O5/c1-4-30-23(28)10-12-27(15-19-7-6-11-25-14-19)24(29)20-8-5-9-21(13-20)31-16-22-17(2)26-32-18(22)3/h5-9,11,13-14H,4,10,12,15-16H2,1-3H3. The first-order chi connectivity index (χ1) is 15.5. The Morgan fingerprint density at radius 1 is 1.16 bits per heavy atom. The Hall–Kier alpha value is -3.68. The van der Waals surface area contributed by atoms with E-state index in [0.29, 0.717) is 36.8 Å². The van der Waals surface area contributed by atoms with Crippen LogP contribution in [0.5, 0.6) is 5.75 Å². The fourth-order valence-electron chi connectivity index (χ4n) is 3.19. The van der Waals surface area contributed by atoms with Crippen molar-refractivity contribution in [2.24, 2.45) is 0 Å². The van der Waals surface area contributed by atoms with Crippen LogP contribution in [0.1, 0.15) is 46.3 Å². The summed E-state index contributed by atoms with van der Waals surface area (Å²) in [5, 5.41) is 3.93. The maximum atomic E-state index is 13.3. The number of pyridine rings is 1. The monoisotopic (exact) mass is 437 g/mol. The van der Waals surface area contributed by atoms with Crippen LogP contribution in [-0.2, 0) is 22.7 Å². The van der Waals surface area contributed by atoms with E-state index in [0.717, 1.165) is 16.8 Å². The molecule has 0 radical (unpaired) electrons. The fraction of sp³-hybridized carbons (Fsp3) is 0.333. The molecule has 0 aliphatic heterocycles. The summed E-state index contributed by atoms with van der Waals surface area (Å²) in [5.41, 5.74) is 3.00. The maximum Gasteiger partial charge on any atom is 0.307 e. The molecule has 8 heteroatoms. The van der Waals surface area contributed by atoms with Crippen LogP contribution in [0.4, 0.5) is 0 Å². The zero-order valence-corrected chi connectivity index (χ0v) is 18.5. The second-order valence-corrected chi connectivity index (χ2v) is 7.26. The van der Waals surface area contributed by atoms with Crippen molar-refractivity contribution >= 4 is 11.9 Å². The Kier molecular flexibility index (Phi) is 7.96. The molecule has 1 aromatic carbocycles. The number of hydrogen-bond acceptors (Lipinski definition) is 7. The molecule has 0 atom stereocenters. The highest BCUT2D eigenvalue weighted by Gasteiger charge is 2.19. The lowest BCUT2D eigenvalue weighted by atomic mass is 10.1. The van der Waals surface area contributed by atoms with E-state index in [1.165, 1.54) is 0 Å². The molecule has 3 aromatic rings. The number of benzene rings is 1. The zero-order chi connectivity index (χ0) is 22.9. The van der Waals surface area contributed by atoms with Gasteiger partial charge in [-0.2, -0.15) is 0 Å². The Morgan fingerprint density at radius 3 is 2.69 bits per heavy atom. The second-order valence-electron chi connectivity index (χ2n) is 7.26. The van der Waals surface area contributed by atoms with Gasteiger partial charge >= 0.3 is 5.97 Å². The maximum absolute atomic E-state index is 13.3. The summed E-state index contributed by atoms with van der Waals surface area (Å²) < 4.78 is 16.1. The van der Waals surface area contributed by atoms with Crippen molar-refractivity contribution < 1.29 is 23.6 Å². The van der Waals surface area contributed by atoms with Gasteiger partial charge in [0.15, 0.2) is 0 Å². The molecule has 2 heterocycles. The van der Waals surface area contributed by atoms with Crippen LogP contribution in [-0.4, -0.2) is 40.1 Å². The van der Waals surface area contributed by atoms with Crippen molar-refractivity contribution in [3.63, 3.8) is 0 Å². The Balaban J connectivity index is 1.74. The number of carbonyl (C=O) groups is 2. The molecular formula is C24H27N3O5. The van der Waals surface area contributed by atoms with E-state index in [1.54, 1.807) is 48.5 Å². The third-order valence-electron chi connectivity index (χ3n) is 4.92. The quantitative estimate of drug-likeness (QED) is 0.445. The van der Waals surface area contributed by atoms with Gasteiger partial charge in [-0.3, -0.25) is 14.6 Å². The van der Waals surface area contributed by atoms with Crippen molar-refractivity contribution in [2.45, 2.75) is 40.3 Å². The van der Waals surface area contributed by atoms with Crippen LogP contribution < -0.4 is 4.74 Å². The first-order valence-corrected chi connectivity index (χ1v) is 10.5. The predicted octanol–water partition coefficient (Wildman–Crippen LogP) is 3.86. The molecule has 0 aliphatic carbocycles. The third-order valence-corrected chi connectivity index (χ3v) is 4.92. The van der Waals surface area contributed by atoms with Gasteiger partial charge in [0.1, 0.15) is 18.1 Å². The summed E-state index contributed by atoms with van der Waals surface area (Å²) in [5.74, 6) is 0.716. The van der Waals surface area contributed by atoms with E-state index in [-0.39, 0.29) is 24.8 Å². The number of amides is 1. The van der Waals surface area contributed by atoms with Crippen molar-refractivity contribution in [1.82, 2.24) is 15.0 Å². The molecule has 2 aromatic heterocycles. The molecule has 0 aliphatic rings. The van der Waals surface area contributed by atoms with Gasteiger partial charge in [0.2, 0.25) is 0 Å². The van der Waals surface area contributed by atoms with Gasteiger partial charge in [-0.1, -0.05) is 17.3 Å². The molecule has 0 saturated carbocycles. The Bertz CT molecular complexity index is 1030. The van der Waals surface area contributed by atoms with Crippen LogP contribution in [0.15, 0.2) is 53.3 Å². The molecule has 0 N–H and O–H groups in total. The fourth-order valence-corrected chi connectivity index (χ4v) is 3.19. The number of rotatable bonds is 10. The molecule has 0 bridgehead atoms. The third kappa shape index (κ3) is 6.16. The van der Waals surface area contributed by atoms with E-state index in [9.17, 15) is 9.59 Å².